The molecule has 0 aliphatic carbocycles. The fourth-order valence-electron chi connectivity index (χ4n) is 4.24. The third-order valence-electron chi connectivity index (χ3n) is 5.83. The number of hydrogen-bond acceptors (Lipinski definition) is 6. The minimum atomic E-state index is -3.62. The van der Waals surface area contributed by atoms with E-state index in [0.29, 0.717) is 36.3 Å². The molecule has 6 nitrogen and oxygen atoms in total. The molecular weight excluding hydrogens is 426 g/mol. The number of nitrogens with one attached hydrogen (secondary N) is 1. The van der Waals surface area contributed by atoms with Crippen LogP contribution < -0.4 is 5.32 Å². The lowest BCUT2D eigenvalue weighted by Crippen LogP contribution is -2.56. The summed E-state index contributed by atoms with van der Waals surface area (Å²) >= 11 is 2.96. The highest BCUT2D eigenvalue weighted by atomic mass is 32.2. The van der Waals surface area contributed by atoms with E-state index in [1.807, 2.05) is 0 Å². The van der Waals surface area contributed by atoms with Crippen LogP contribution in [0.4, 0.5) is 0 Å². The number of nitrogens with zero attached hydrogens (tertiary/aromatic N) is 2. The van der Waals surface area contributed by atoms with Gasteiger partial charge in [-0.25, -0.2) is 8.42 Å². The van der Waals surface area contributed by atoms with Crippen LogP contribution in [0.5, 0.6) is 0 Å². The highest BCUT2D eigenvalue weighted by molar-refractivity contribution is 7.99. The molecule has 1 aromatic heterocycles. The number of carbonyl (C=O) groups is 1. The van der Waals surface area contributed by atoms with Gasteiger partial charge in [-0.1, -0.05) is 13.8 Å². The predicted molar refractivity (Wildman–Crippen MR) is 121 cm³/mol. The summed E-state index contributed by atoms with van der Waals surface area (Å²) in [6.07, 6.45) is 1.24. The van der Waals surface area contributed by atoms with E-state index < -0.39 is 10.0 Å². The second kappa shape index (κ2) is 9.26. The number of hydrogen-bond donors (Lipinski definition) is 1. The summed E-state index contributed by atoms with van der Waals surface area (Å²) in [5.41, 5.74) is -0.182. The van der Waals surface area contributed by atoms with Crippen LogP contribution in [0.25, 0.3) is 0 Å². The van der Waals surface area contributed by atoms with Gasteiger partial charge in [0.05, 0.1) is 0 Å². The molecule has 164 valence electrons. The molecule has 1 amide bonds. The summed E-state index contributed by atoms with van der Waals surface area (Å²) < 4.78 is 27.6. The lowest BCUT2D eigenvalue weighted by molar-refractivity contribution is 0.0445. The molecule has 2 aliphatic heterocycles. The van der Waals surface area contributed by atoms with Crippen molar-refractivity contribution in [1.82, 2.24) is 14.5 Å². The van der Waals surface area contributed by atoms with Gasteiger partial charge < -0.3 is 5.32 Å². The zero-order valence-electron chi connectivity index (χ0n) is 17.8. The minimum Gasteiger partial charge on any atom is -0.349 e. The van der Waals surface area contributed by atoms with E-state index in [1.165, 1.54) is 22.1 Å². The van der Waals surface area contributed by atoms with Gasteiger partial charge in [0.2, 0.25) is 10.0 Å². The number of thioether (sulfide) groups is 1. The van der Waals surface area contributed by atoms with E-state index in [0.717, 1.165) is 24.6 Å². The smallest absolute Gasteiger partial charge is 0.262 e. The molecule has 0 saturated carbocycles. The fraction of sp³-hybridized carbons (Fsp3) is 0.750. The average Bonchev–Trinajstić information content (AvgIpc) is 3.17. The minimum absolute atomic E-state index is 0.143. The molecule has 29 heavy (non-hydrogen) atoms. The maximum Gasteiger partial charge on any atom is 0.262 e. The monoisotopic (exact) mass is 459 g/mol. The van der Waals surface area contributed by atoms with Crippen LogP contribution in [0.3, 0.4) is 0 Å². The van der Waals surface area contributed by atoms with Crippen LogP contribution in [-0.2, 0) is 10.0 Å². The highest BCUT2D eigenvalue weighted by Gasteiger charge is 2.34. The van der Waals surface area contributed by atoms with E-state index in [9.17, 15) is 13.2 Å². The Morgan fingerprint density at radius 3 is 2.45 bits per heavy atom. The standard InChI is InChI=1S/C20H33N3O3S3/c1-15-11-16(2)13-22(12-15)20(3,4)14-21-19(24)18-17(5-8-28-18)29(25,26)23-6-9-27-10-7-23/h5,8,15-16H,6-7,9-14H2,1-4H3,(H,21,24). The van der Waals surface area contributed by atoms with Gasteiger partial charge in [-0.2, -0.15) is 16.1 Å². The molecule has 0 aromatic carbocycles. The van der Waals surface area contributed by atoms with Gasteiger partial charge in [-0.05, 0) is 43.6 Å². The molecule has 0 bridgehead atoms. The number of amides is 1. The Labute approximate surface area is 183 Å². The van der Waals surface area contributed by atoms with E-state index >= 15 is 0 Å². The summed E-state index contributed by atoms with van der Waals surface area (Å²) in [5.74, 6) is 2.59. The van der Waals surface area contributed by atoms with Crippen molar-refractivity contribution in [1.29, 1.82) is 0 Å². The SMILES string of the molecule is CC1CC(C)CN(C(C)(C)CNC(=O)c2sccc2S(=O)(=O)N2CCSCC2)C1. The first-order chi connectivity index (χ1) is 13.6. The Balaban J connectivity index is 1.68. The molecule has 3 heterocycles. The van der Waals surface area contributed by atoms with Crippen molar-refractivity contribution in [2.75, 3.05) is 44.2 Å². The number of rotatable bonds is 6. The second-order valence-electron chi connectivity index (χ2n) is 8.98. The van der Waals surface area contributed by atoms with Gasteiger partial charge in [-0.15, -0.1) is 11.3 Å². The molecule has 2 atom stereocenters. The van der Waals surface area contributed by atoms with Gasteiger partial charge in [0.25, 0.3) is 5.91 Å². The number of likely N-dealkylation sites (tertiary alicyclic amines) is 1. The van der Waals surface area contributed by atoms with E-state index in [-0.39, 0.29) is 16.3 Å². The molecule has 9 heteroatoms. The average molecular weight is 460 g/mol. The van der Waals surface area contributed by atoms with Crippen LogP contribution in [0.15, 0.2) is 16.3 Å². The van der Waals surface area contributed by atoms with Crippen LogP contribution in [0.2, 0.25) is 0 Å². The summed E-state index contributed by atoms with van der Waals surface area (Å²) in [5, 5.41) is 4.70. The number of piperidine rings is 1. The molecule has 2 aliphatic rings. The van der Waals surface area contributed by atoms with Gasteiger partial charge in [0, 0.05) is 49.8 Å². The zero-order chi connectivity index (χ0) is 21.2. The van der Waals surface area contributed by atoms with E-state index in [1.54, 1.807) is 23.2 Å². The van der Waals surface area contributed by atoms with Crippen molar-refractivity contribution in [2.24, 2.45) is 11.8 Å². The van der Waals surface area contributed by atoms with Crippen molar-refractivity contribution >= 4 is 39.0 Å². The van der Waals surface area contributed by atoms with E-state index in [2.05, 4.69) is 37.9 Å². The summed E-state index contributed by atoms with van der Waals surface area (Å²) in [7, 11) is -3.62. The Morgan fingerprint density at radius 1 is 1.21 bits per heavy atom. The van der Waals surface area contributed by atoms with Gasteiger partial charge >= 0.3 is 0 Å². The zero-order valence-corrected chi connectivity index (χ0v) is 20.3. The maximum atomic E-state index is 13.0. The Morgan fingerprint density at radius 2 is 1.83 bits per heavy atom. The molecule has 2 saturated heterocycles. The molecule has 1 N–H and O–H groups in total. The molecule has 2 unspecified atom stereocenters. The summed E-state index contributed by atoms with van der Waals surface area (Å²) in [4.78, 5) is 15.8. The van der Waals surface area contributed by atoms with Crippen LogP contribution in [0.1, 0.15) is 43.8 Å². The first-order valence-electron chi connectivity index (χ1n) is 10.3. The van der Waals surface area contributed by atoms with Gasteiger partial charge in [0.15, 0.2) is 0 Å². The summed E-state index contributed by atoms with van der Waals surface area (Å²) in [6.45, 7) is 12.4. The van der Waals surface area contributed by atoms with Crippen molar-refractivity contribution < 1.29 is 13.2 Å². The Kier molecular flexibility index (Phi) is 7.36. The van der Waals surface area contributed by atoms with Crippen molar-refractivity contribution in [3.63, 3.8) is 0 Å². The van der Waals surface area contributed by atoms with Gasteiger partial charge in [0.1, 0.15) is 9.77 Å². The number of thiophene rings is 1. The molecule has 0 spiro atoms. The first kappa shape index (κ1) is 23.1. The van der Waals surface area contributed by atoms with Crippen molar-refractivity contribution in [3.8, 4) is 0 Å². The number of sulfonamides is 1. The Hall–Kier alpha value is -0.610. The Bertz CT molecular complexity index is 806. The second-order valence-corrected chi connectivity index (χ2v) is 13.0. The first-order valence-corrected chi connectivity index (χ1v) is 13.8. The van der Waals surface area contributed by atoms with Crippen LogP contribution in [-0.4, -0.2) is 73.3 Å². The molecular formula is C20H33N3O3S3. The quantitative estimate of drug-likeness (QED) is 0.708. The topological polar surface area (TPSA) is 69.7 Å². The van der Waals surface area contributed by atoms with Crippen LogP contribution in [0, 0.1) is 11.8 Å². The largest absolute Gasteiger partial charge is 0.349 e. The van der Waals surface area contributed by atoms with Crippen molar-refractivity contribution in [2.45, 2.75) is 44.6 Å². The van der Waals surface area contributed by atoms with Gasteiger partial charge in [-0.3, -0.25) is 9.69 Å². The molecule has 0 radical (unpaired) electrons. The maximum absolute atomic E-state index is 13.0. The lowest BCUT2D eigenvalue weighted by Gasteiger charge is -2.45. The lowest BCUT2D eigenvalue weighted by atomic mass is 9.88. The number of carbonyl (C=O) groups excluding carboxylic acids is 1. The normalized spacial score (nSPS) is 25.1. The van der Waals surface area contributed by atoms with Crippen LogP contribution >= 0.6 is 23.1 Å². The molecule has 2 fully saturated rings. The molecule has 1 aromatic rings. The predicted octanol–water partition coefficient (Wildman–Crippen LogP) is 2.97. The summed E-state index contributed by atoms with van der Waals surface area (Å²) in [6, 6.07) is 1.57. The third-order valence-corrected chi connectivity index (χ3v) is 9.76. The fourth-order valence-corrected chi connectivity index (χ4v) is 8.13. The molecule has 3 rings (SSSR count). The van der Waals surface area contributed by atoms with Crippen molar-refractivity contribution in [3.05, 3.63) is 16.3 Å². The van der Waals surface area contributed by atoms with E-state index in [4.69, 9.17) is 0 Å². The highest BCUT2D eigenvalue weighted by Crippen LogP contribution is 2.29. The third kappa shape index (κ3) is 5.36.